The van der Waals surface area contributed by atoms with Crippen LogP contribution >= 0.6 is 0 Å². The highest BCUT2D eigenvalue weighted by molar-refractivity contribution is 5.98. The molecule has 1 aliphatic carbocycles. The summed E-state index contributed by atoms with van der Waals surface area (Å²) in [6.45, 7) is 5.51. The Morgan fingerprint density at radius 3 is 2.41 bits per heavy atom. The first-order chi connectivity index (χ1) is 10.2. The topological polar surface area (TPSA) is 97.6 Å². The largest absolute Gasteiger partial charge is 0.459 e. The normalized spacial score (nSPS) is 31.7. The molecule has 3 rings (SSSR count). The first kappa shape index (κ1) is 14.6. The van der Waals surface area contributed by atoms with Gasteiger partial charge in [0.15, 0.2) is 11.4 Å². The number of ether oxygens (including phenoxy) is 1. The highest BCUT2D eigenvalue weighted by Gasteiger charge is 2.75. The van der Waals surface area contributed by atoms with Crippen molar-refractivity contribution in [1.82, 2.24) is 10.9 Å². The molecule has 2 N–H and O–H groups in total. The van der Waals surface area contributed by atoms with E-state index in [9.17, 15) is 14.4 Å². The van der Waals surface area contributed by atoms with Crippen molar-refractivity contribution in [2.75, 3.05) is 0 Å². The lowest BCUT2D eigenvalue weighted by atomic mass is 9.66. The second-order valence-corrected chi connectivity index (χ2v) is 6.56. The fraction of sp³-hybridized carbons (Fsp3) is 0.533. The molecule has 2 atom stereocenters. The van der Waals surface area contributed by atoms with Crippen LogP contribution in [0.2, 0.25) is 0 Å². The van der Waals surface area contributed by atoms with Crippen LogP contribution in [0.5, 0.6) is 0 Å². The third-order valence-electron chi connectivity index (χ3n) is 5.48. The molecule has 0 radical (unpaired) electrons. The molecule has 1 saturated heterocycles. The highest BCUT2D eigenvalue weighted by Crippen LogP contribution is 2.65. The van der Waals surface area contributed by atoms with Crippen molar-refractivity contribution in [3.05, 3.63) is 24.2 Å². The Balaban J connectivity index is 1.76. The average Bonchev–Trinajstić information content (AvgIpc) is 3.10. The predicted molar refractivity (Wildman–Crippen MR) is 74.3 cm³/mol. The van der Waals surface area contributed by atoms with Gasteiger partial charge in [0.2, 0.25) is 0 Å². The van der Waals surface area contributed by atoms with Gasteiger partial charge in [0.25, 0.3) is 5.91 Å². The van der Waals surface area contributed by atoms with Crippen molar-refractivity contribution < 1.29 is 23.5 Å². The third-order valence-corrected chi connectivity index (χ3v) is 5.48. The maximum atomic E-state index is 12.6. The van der Waals surface area contributed by atoms with Crippen LogP contribution in [-0.2, 0) is 14.3 Å². The Kier molecular flexibility index (Phi) is 2.89. The minimum Gasteiger partial charge on any atom is -0.459 e. The molecular formula is C15H18N2O5. The fourth-order valence-electron chi connectivity index (χ4n) is 3.43. The minimum atomic E-state index is -1.25. The molecule has 1 saturated carbocycles. The van der Waals surface area contributed by atoms with E-state index in [1.165, 1.54) is 12.3 Å². The second-order valence-electron chi connectivity index (χ2n) is 6.56. The SMILES string of the molecule is CC1(C)[C@@]2(C)CC[C@@]1(C(=O)NNC(=O)c1ccco1)OC2=O. The minimum absolute atomic E-state index is 0.0803. The molecule has 2 aliphatic rings. The van der Waals surface area contributed by atoms with Gasteiger partial charge in [-0.2, -0.15) is 0 Å². The number of hydrazine groups is 1. The van der Waals surface area contributed by atoms with E-state index in [1.54, 1.807) is 6.07 Å². The van der Waals surface area contributed by atoms with Crippen molar-refractivity contribution >= 4 is 17.8 Å². The molecule has 118 valence electrons. The fourth-order valence-corrected chi connectivity index (χ4v) is 3.43. The first-order valence-electron chi connectivity index (χ1n) is 7.12. The quantitative estimate of drug-likeness (QED) is 0.631. The van der Waals surface area contributed by atoms with Crippen LogP contribution in [0, 0.1) is 10.8 Å². The number of carbonyl (C=O) groups excluding carboxylic acids is 3. The van der Waals surface area contributed by atoms with Gasteiger partial charge >= 0.3 is 11.9 Å². The summed E-state index contributed by atoms with van der Waals surface area (Å²) in [7, 11) is 0. The molecule has 7 nitrogen and oxygen atoms in total. The summed E-state index contributed by atoms with van der Waals surface area (Å²) in [6, 6.07) is 3.05. The second kappa shape index (κ2) is 4.34. The molecule has 2 fully saturated rings. The van der Waals surface area contributed by atoms with Gasteiger partial charge in [-0.25, -0.2) is 0 Å². The smallest absolute Gasteiger partial charge is 0.313 e. The summed E-state index contributed by atoms with van der Waals surface area (Å²) in [6.07, 6.45) is 2.38. The van der Waals surface area contributed by atoms with Crippen LogP contribution in [0.4, 0.5) is 0 Å². The molecule has 2 heterocycles. The third kappa shape index (κ3) is 1.59. The van der Waals surface area contributed by atoms with Crippen molar-refractivity contribution in [3.8, 4) is 0 Å². The van der Waals surface area contributed by atoms with Gasteiger partial charge in [-0.05, 0) is 31.9 Å². The maximum absolute atomic E-state index is 12.6. The van der Waals surface area contributed by atoms with Crippen LogP contribution in [-0.4, -0.2) is 23.4 Å². The van der Waals surface area contributed by atoms with E-state index in [4.69, 9.17) is 9.15 Å². The lowest BCUT2D eigenvalue weighted by molar-refractivity contribution is -0.168. The molecule has 2 bridgehead atoms. The summed E-state index contributed by atoms with van der Waals surface area (Å²) < 4.78 is 10.4. The number of fused-ring (bicyclic) bond motifs is 2. The van der Waals surface area contributed by atoms with Crippen LogP contribution < -0.4 is 10.9 Å². The van der Waals surface area contributed by atoms with Crippen molar-refractivity contribution in [3.63, 3.8) is 0 Å². The lowest BCUT2D eigenvalue weighted by Gasteiger charge is -2.35. The van der Waals surface area contributed by atoms with E-state index in [-0.39, 0.29) is 11.7 Å². The maximum Gasteiger partial charge on any atom is 0.313 e. The summed E-state index contributed by atoms with van der Waals surface area (Å²) in [5.41, 5.74) is 2.03. The van der Waals surface area contributed by atoms with E-state index in [0.29, 0.717) is 12.8 Å². The van der Waals surface area contributed by atoms with Gasteiger partial charge < -0.3 is 9.15 Å². The molecule has 0 unspecified atom stereocenters. The van der Waals surface area contributed by atoms with Crippen molar-refractivity contribution in [1.29, 1.82) is 0 Å². The Bertz CT molecular complexity index is 651. The summed E-state index contributed by atoms with van der Waals surface area (Å²) in [5.74, 6) is -1.38. The highest BCUT2D eigenvalue weighted by atomic mass is 16.6. The molecule has 1 aromatic rings. The molecule has 7 heteroatoms. The Morgan fingerprint density at radius 2 is 1.91 bits per heavy atom. The van der Waals surface area contributed by atoms with E-state index < -0.39 is 28.2 Å². The molecule has 1 aliphatic heterocycles. The molecule has 0 aromatic carbocycles. The molecule has 2 amide bonds. The number of hydrogen-bond donors (Lipinski definition) is 2. The number of esters is 1. The van der Waals surface area contributed by atoms with Gasteiger partial charge in [-0.1, -0.05) is 13.8 Å². The van der Waals surface area contributed by atoms with Crippen LogP contribution in [0.25, 0.3) is 0 Å². The Labute approximate surface area is 127 Å². The summed E-state index contributed by atoms with van der Waals surface area (Å²) in [5, 5.41) is 0. The number of rotatable bonds is 2. The number of furan rings is 1. The molecular weight excluding hydrogens is 288 g/mol. The number of amides is 2. The molecule has 1 aromatic heterocycles. The average molecular weight is 306 g/mol. The van der Waals surface area contributed by atoms with E-state index in [0.717, 1.165) is 0 Å². The lowest BCUT2D eigenvalue weighted by Crippen LogP contribution is -2.57. The van der Waals surface area contributed by atoms with Gasteiger partial charge in [-0.3, -0.25) is 25.2 Å². The Hall–Kier alpha value is -2.31. The van der Waals surface area contributed by atoms with E-state index in [2.05, 4.69) is 10.9 Å². The van der Waals surface area contributed by atoms with E-state index >= 15 is 0 Å². The van der Waals surface area contributed by atoms with Gasteiger partial charge in [-0.15, -0.1) is 0 Å². The summed E-state index contributed by atoms with van der Waals surface area (Å²) in [4.78, 5) is 36.5. The summed E-state index contributed by atoms with van der Waals surface area (Å²) >= 11 is 0. The van der Waals surface area contributed by atoms with Crippen LogP contribution in [0.3, 0.4) is 0 Å². The molecule has 0 spiro atoms. The van der Waals surface area contributed by atoms with Crippen LogP contribution in [0.15, 0.2) is 22.8 Å². The van der Waals surface area contributed by atoms with Crippen molar-refractivity contribution in [2.24, 2.45) is 10.8 Å². The first-order valence-corrected chi connectivity index (χ1v) is 7.12. The monoisotopic (exact) mass is 306 g/mol. The van der Waals surface area contributed by atoms with E-state index in [1.807, 2.05) is 20.8 Å². The number of nitrogens with one attached hydrogen (secondary N) is 2. The van der Waals surface area contributed by atoms with Gasteiger partial charge in [0.05, 0.1) is 11.7 Å². The zero-order chi connectivity index (χ0) is 16.2. The zero-order valence-corrected chi connectivity index (χ0v) is 12.7. The van der Waals surface area contributed by atoms with Gasteiger partial charge in [0, 0.05) is 5.41 Å². The standard InChI is InChI=1S/C15H18N2O5/c1-13(2)14(3)6-7-15(13,22-12(14)20)11(19)17-16-10(18)9-5-4-8-21-9/h4-5,8H,6-7H2,1-3H3,(H,16,18)(H,17,19)/t14-,15-/m0/s1. The zero-order valence-electron chi connectivity index (χ0n) is 12.7. The number of carbonyl (C=O) groups is 3. The van der Waals surface area contributed by atoms with Crippen molar-refractivity contribution in [2.45, 2.75) is 39.2 Å². The Morgan fingerprint density at radius 1 is 1.18 bits per heavy atom. The van der Waals surface area contributed by atoms with Gasteiger partial charge in [0.1, 0.15) is 0 Å². The number of hydrogen-bond acceptors (Lipinski definition) is 5. The molecule has 22 heavy (non-hydrogen) atoms. The predicted octanol–water partition coefficient (Wildman–Crippen LogP) is 1.16. The van der Waals surface area contributed by atoms with Crippen LogP contribution in [0.1, 0.15) is 44.2 Å².